The van der Waals surface area contributed by atoms with E-state index >= 15 is 0 Å². The lowest BCUT2D eigenvalue weighted by atomic mass is 9.59. The second-order valence-electron chi connectivity index (χ2n) is 10.6. The predicted molar refractivity (Wildman–Crippen MR) is 126 cm³/mol. The molecule has 1 spiro atoms. The molecule has 3 amide bonds. The van der Waals surface area contributed by atoms with E-state index in [1.165, 1.54) is 12.0 Å². The number of rotatable bonds is 3. The third kappa shape index (κ3) is 3.95. The lowest BCUT2D eigenvalue weighted by Crippen LogP contribution is -2.68. The molecule has 0 bridgehead atoms. The van der Waals surface area contributed by atoms with Gasteiger partial charge in [-0.3, -0.25) is 14.4 Å². The van der Waals surface area contributed by atoms with Crippen molar-refractivity contribution < 1.29 is 14.4 Å². The van der Waals surface area contributed by atoms with Crippen molar-refractivity contribution in [1.29, 1.82) is 0 Å². The van der Waals surface area contributed by atoms with Gasteiger partial charge in [-0.25, -0.2) is 0 Å². The maximum atomic E-state index is 13.6. The van der Waals surface area contributed by atoms with Gasteiger partial charge in [0.15, 0.2) is 0 Å². The maximum Gasteiger partial charge on any atom is 0.232 e. The fourth-order valence-corrected chi connectivity index (χ4v) is 6.92. The van der Waals surface area contributed by atoms with Crippen molar-refractivity contribution in [1.82, 2.24) is 14.7 Å². The summed E-state index contributed by atoms with van der Waals surface area (Å²) in [6, 6.07) is 11.0. The number of benzene rings is 1. The van der Waals surface area contributed by atoms with E-state index in [0.29, 0.717) is 19.0 Å². The molecule has 6 nitrogen and oxygen atoms in total. The quantitative estimate of drug-likeness (QED) is 0.658. The highest BCUT2D eigenvalue weighted by Crippen LogP contribution is 2.59. The second kappa shape index (κ2) is 9.11. The second-order valence-corrected chi connectivity index (χ2v) is 10.6. The minimum atomic E-state index is -0.197. The lowest BCUT2D eigenvalue weighted by molar-refractivity contribution is -0.187. The van der Waals surface area contributed by atoms with Crippen LogP contribution in [0.4, 0.5) is 0 Å². The van der Waals surface area contributed by atoms with E-state index in [1.807, 2.05) is 15.9 Å². The highest BCUT2D eigenvalue weighted by molar-refractivity contribution is 5.91. The Balaban J connectivity index is 1.23. The first-order chi connectivity index (χ1) is 16.0. The van der Waals surface area contributed by atoms with Gasteiger partial charge in [-0.15, -0.1) is 0 Å². The molecular formula is C27H37N3O3. The van der Waals surface area contributed by atoms with Gasteiger partial charge < -0.3 is 14.7 Å². The molecule has 3 aliphatic heterocycles. The van der Waals surface area contributed by atoms with Crippen LogP contribution in [0.15, 0.2) is 30.3 Å². The molecule has 178 valence electrons. The van der Waals surface area contributed by atoms with Crippen LogP contribution >= 0.6 is 0 Å². The number of likely N-dealkylation sites (tertiary alicyclic amines) is 3. The molecule has 4 fully saturated rings. The first-order valence-electron chi connectivity index (χ1n) is 12.9. The highest BCUT2D eigenvalue weighted by Gasteiger charge is 2.62. The number of carbonyl (C=O) groups excluding carboxylic acids is 3. The molecule has 1 atom stereocenters. The van der Waals surface area contributed by atoms with Gasteiger partial charge in [0.05, 0.1) is 11.5 Å². The summed E-state index contributed by atoms with van der Waals surface area (Å²) in [5.41, 5.74) is 1.08. The van der Waals surface area contributed by atoms with Crippen molar-refractivity contribution in [2.75, 3.05) is 26.2 Å². The molecule has 6 heteroatoms. The Labute approximate surface area is 197 Å². The summed E-state index contributed by atoms with van der Waals surface area (Å²) < 4.78 is 0. The van der Waals surface area contributed by atoms with E-state index in [0.717, 1.165) is 64.5 Å². The average Bonchev–Trinajstić information content (AvgIpc) is 2.87. The van der Waals surface area contributed by atoms with Crippen molar-refractivity contribution in [3.63, 3.8) is 0 Å². The molecule has 1 saturated carbocycles. The van der Waals surface area contributed by atoms with Crippen LogP contribution < -0.4 is 0 Å². The number of carbonyl (C=O) groups is 3. The van der Waals surface area contributed by atoms with Crippen LogP contribution in [0.5, 0.6) is 0 Å². The zero-order chi connectivity index (χ0) is 23.0. The standard InChI is InChI=1S/C27H37N3O3/c1-20(31)28-16-10-22(11-17-28)25(32)29-18-12-23(13-19-29)30-24(21-8-4-2-5-9-21)27(26(30)33)14-6-3-7-15-27/h2,4-5,8-9,22-24H,3,6-7,10-19H2,1H3. The van der Waals surface area contributed by atoms with Gasteiger partial charge in [-0.2, -0.15) is 0 Å². The molecule has 0 N–H and O–H groups in total. The molecule has 1 aromatic rings. The number of nitrogens with zero attached hydrogens (tertiary/aromatic N) is 3. The van der Waals surface area contributed by atoms with Crippen LogP contribution in [-0.4, -0.2) is 64.6 Å². The highest BCUT2D eigenvalue weighted by atomic mass is 16.2. The number of hydrogen-bond donors (Lipinski definition) is 0. The minimum absolute atomic E-state index is 0.0327. The SMILES string of the molecule is CC(=O)N1CCC(C(=O)N2CCC(N3C(=O)C4(CCCCC4)C3c3ccccc3)CC2)CC1. The normalized spacial score (nSPS) is 26.4. The summed E-state index contributed by atoms with van der Waals surface area (Å²) in [7, 11) is 0. The van der Waals surface area contributed by atoms with Gasteiger partial charge >= 0.3 is 0 Å². The van der Waals surface area contributed by atoms with E-state index in [1.54, 1.807) is 6.92 Å². The molecular weight excluding hydrogens is 414 g/mol. The van der Waals surface area contributed by atoms with Gasteiger partial charge in [-0.1, -0.05) is 49.6 Å². The average molecular weight is 452 g/mol. The summed E-state index contributed by atoms with van der Waals surface area (Å²) in [4.78, 5) is 44.3. The third-order valence-corrected chi connectivity index (χ3v) is 8.78. The van der Waals surface area contributed by atoms with Crippen LogP contribution in [0, 0.1) is 11.3 Å². The molecule has 33 heavy (non-hydrogen) atoms. The summed E-state index contributed by atoms with van der Waals surface area (Å²) in [5, 5.41) is 0. The van der Waals surface area contributed by atoms with Crippen LogP contribution in [0.25, 0.3) is 0 Å². The molecule has 3 saturated heterocycles. The summed E-state index contributed by atoms with van der Waals surface area (Å²) >= 11 is 0. The maximum absolute atomic E-state index is 13.6. The lowest BCUT2D eigenvalue weighted by Gasteiger charge is -2.61. The van der Waals surface area contributed by atoms with Crippen molar-refractivity contribution >= 4 is 17.7 Å². The molecule has 3 heterocycles. The van der Waals surface area contributed by atoms with Crippen LogP contribution in [0.2, 0.25) is 0 Å². The Bertz CT molecular complexity index is 879. The number of β-lactam (4-membered cyclic amide) rings is 1. The van der Waals surface area contributed by atoms with E-state index in [9.17, 15) is 14.4 Å². The molecule has 5 rings (SSSR count). The summed E-state index contributed by atoms with van der Waals surface area (Å²) in [6.45, 7) is 4.43. The van der Waals surface area contributed by atoms with Crippen LogP contribution in [0.1, 0.15) is 76.3 Å². The van der Waals surface area contributed by atoms with E-state index in [4.69, 9.17) is 0 Å². The minimum Gasteiger partial charge on any atom is -0.343 e. The molecule has 1 aromatic carbocycles. The Morgan fingerprint density at radius 3 is 2.06 bits per heavy atom. The van der Waals surface area contributed by atoms with Crippen molar-refractivity contribution in [2.45, 2.75) is 76.8 Å². The van der Waals surface area contributed by atoms with Gasteiger partial charge in [0, 0.05) is 45.1 Å². The Hall–Kier alpha value is -2.37. The zero-order valence-electron chi connectivity index (χ0n) is 19.9. The zero-order valence-corrected chi connectivity index (χ0v) is 19.9. The van der Waals surface area contributed by atoms with Gasteiger partial charge in [0.25, 0.3) is 0 Å². The van der Waals surface area contributed by atoms with Crippen molar-refractivity contribution in [2.24, 2.45) is 11.3 Å². The fourth-order valence-electron chi connectivity index (χ4n) is 6.92. The molecule has 1 unspecified atom stereocenters. The van der Waals surface area contributed by atoms with E-state index in [-0.39, 0.29) is 35.2 Å². The number of amides is 3. The van der Waals surface area contributed by atoms with Gasteiger partial charge in [0.1, 0.15) is 0 Å². The molecule has 0 aromatic heterocycles. The molecule has 0 radical (unpaired) electrons. The summed E-state index contributed by atoms with van der Waals surface area (Å²) in [5.74, 6) is 0.738. The van der Waals surface area contributed by atoms with E-state index < -0.39 is 0 Å². The molecule has 4 aliphatic rings. The topological polar surface area (TPSA) is 60.9 Å². The Morgan fingerprint density at radius 2 is 1.45 bits per heavy atom. The third-order valence-electron chi connectivity index (χ3n) is 8.78. The monoisotopic (exact) mass is 451 g/mol. The Kier molecular flexibility index (Phi) is 6.19. The Morgan fingerprint density at radius 1 is 0.848 bits per heavy atom. The number of hydrogen-bond acceptors (Lipinski definition) is 3. The largest absolute Gasteiger partial charge is 0.343 e. The molecule has 1 aliphatic carbocycles. The van der Waals surface area contributed by atoms with Gasteiger partial charge in [-0.05, 0) is 44.1 Å². The smallest absolute Gasteiger partial charge is 0.232 e. The van der Waals surface area contributed by atoms with Crippen LogP contribution in [0.3, 0.4) is 0 Å². The van der Waals surface area contributed by atoms with Crippen molar-refractivity contribution in [3.05, 3.63) is 35.9 Å². The van der Waals surface area contributed by atoms with Gasteiger partial charge in [0.2, 0.25) is 17.7 Å². The fraction of sp³-hybridized carbons (Fsp3) is 0.667. The first-order valence-corrected chi connectivity index (χ1v) is 12.9. The summed E-state index contributed by atoms with van der Waals surface area (Å²) in [6.07, 6.45) is 8.82. The first kappa shape index (κ1) is 22.4. The number of piperidine rings is 2. The van der Waals surface area contributed by atoms with E-state index in [2.05, 4.69) is 29.2 Å². The van der Waals surface area contributed by atoms with Crippen molar-refractivity contribution in [3.8, 4) is 0 Å². The van der Waals surface area contributed by atoms with Crippen LogP contribution in [-0.2, 0) is 14.4 Å². The predicted octanol–water partition coefficient (Wildman–Crippen LogP) is 3.77.